The Morgan fingerprint density at radius 1 is 0.933 bits per heavy atom. The van der Waals surface area contributed by atoms with Gasteiger partial charge < -0.3 is 0 Å². The number of rotatable bonds is 4. The molecule has 0 unspecified atom stereocenters. The molecule has 0 heterocycles. The van der Waals surface area contributed by atoms with Crippen molar-refractivity contribution in [3.63, 3.8) is 0 Å². The third-order valence-electron chi connectivity index (χ3n) is 2.96. The Hall–Kier alpha value is -0.406. The molecular formula is C12H16O2Ti. The Morgan fingerprint density at radius 2 is 1.40 bits per heavy atom. The van der Waals surface area contributed by atoms with Gasteiger partial charge in [0.2, 0.25) is 0 Å². The molecule has 0 radical (unpaired) electrons. The normalized spacial score (nSPS) is 19.6. The molecule has 0 bridgehead atoms. The number of allylic oxidation sites excluding steroid dienone is 8. The molecule has 0 fully saturated rings. The molecule has 0 atom stereocenters. The Balaban J connectivity index is 2.31. The molecule has 2 rings (SSSR count). The first kappa shape index (κ1) is 11.1. The molecule has 2 aliphatic rings. The van der Waals surface area contributed by atoms with E-state index in [1.807, 2.05) is 0 Å². The predicted molar refractivity (Wildman–Crippen MR) is 57.7 cm³/mol. The van der Waals surface area contributed by atoms with Crippen LogP contribution in [-0.2, 0) is 24.0 Å². The second kappa shape index (κ2) is 4.62. The molecule has 0 aromatic rings. The van der Waals surface area contributed by atoms with Crippen LogP contribution in [0.2, 0.25) is 0 Å². The first-order valence-corrected chi connectivity index (χ1v) is 8.00. The van der Waals surface area contributed by atoms with E-state index in [-0.39, 0.29) is 0 Å². The number of hydrogen-bond acceptors (Lipinski definition) is 2. The van der Waals surface area contributed by atoms with Crippen LogP contribution in [0, 0.1) is 0 Å². The minimum absolute atomic E-state index is 0.985. The van der Waals surface area contributed by atoms with Gasteiger partial charge in [-0.1, -0.05) is 0 Å². The molecule has 0 saturated heterocycles. The fourth-order valence-electron chi connectivity index (χ4n) is 2.20. The van der Waals surface area contributed by atoms with Crippen molar-refractivity contribution < 1.29 is 24.0 Å². The molecule has 0 saturated carbocycles. The van der Waals surface area contributed by atoms with Gasteiger partial charge in [0.05, 0.1) is 0 Å². The Bertz CT molecular complexity index is 328. The van der Waals surface area contributed by atoms with Crippen molar-refractivity contribution in [2.24, 2.45) is 0 Å². The molecule has 0 spiro atoms. The molecular weight excluding hydrogens is 224 g/mol. The van der Waals surface area contributed by atoms with Crippen LogP contribution in [0.1, 0.15) is 12.8 Å². The van der Waals surface area contributed by atoms with Crippen molar-refractivity contribution in [2.45, 2.75) is 12.8 Å². The summed E-state index contributed by atoms with van der Waals surface area (Å²) < 4.78 is 14.3. The van der Waals surface area contributed by atoms with Gasteiger partial charge in [-0.3, -0.25) is 0 Å². The summed E-state index contributed by atoms with van der Waals surface area (Å²) in [7, 11) is 3.56. The molecule has 2 nitrogen and oxygen atoms in total. The average Bonchev–Trinajstić information content (AvgIpc) is 2.92. The van der Waals surface area contributed by atoms with Crippen LogP contribution in [0.15, 0.2) is 44.2 Å². The van der Waals surface area contributed by atoms with Crippen LogP contribution >= 0.6 is 0 Å². The second-order valence-corrected chi connectivity index (χ2v) is 8.88. The Morgan fingerprint density at radius 3 is 1.67 bits per heavy atom. The van der Waals surface area contributed by atoms with Crippen LogP contribution in [-0.4, -0.2) is 14.2 Å². The Labute approximate surface area is 95.3 Å². The minimum atomic E-state index is -2.85. The van der Waals surface area contributed by atoms with Gasteiger partial charge in [-0.2, -0.15) is 0 Å². The monoisotopic (exact) mass is 240 g/mol. The van der Waals surface area contributed by atoms with Crippen LogP contribution in [0.5, 0.6) is 0 Å². The second-order valence-electron chi connectivity index (χ2n) is 3.67. The molecule has 3 heteroatoms. The van der Waals surface area contributed by atoms with Crippen LogP contribution in [0.25, 0.3) is 0 Å². The first-order valence-electron chi connectivity index (χ1n) is 5.16. The van der Waals surface area contributed by atoms with Gasteiger partial charge >= 0.3 is 95.3 Å². The average molecular weight is 240 g/mol. The maximum atomic E-state index is 5.80. The third-order valence-corrected chi connectivity index (χ3v) is 8.56. The van der Waals surface area contributed by atoms with Gasteiger partial charge in [-0.15, -0.1) is 0 Å². The standard InChI is InChI=1S/2C5H5.2CH3O.Ti/c2*1-2-4-5-3-1;2*1-2;/h2*1-3H,4H2;2*1H3;/q;;2*-1;+2. The van der Waals surface area contributed by atoms with E-state index in [1.54, 1.807) is 14.2 Å². The maximum absolute atomic E-state index is 5.80. The van der Waals surface area contributed by atoms with Gasteiger partial charge in [-0.25, -0.2) is 0 Å². The molecule has 2 aliphatic carbocycles. The fraction of sp³-hybridized carbons (Fsp3) is 0.333. The Kier molecular flexibility index (Phi) is 3.42. The van der Waals surface area contributed by atoms with Crippen molar-refractivity contribution in [1.82, 2.24) is 0 Å². The predicted octanol–water partition coefficient (Wildman–Crippen LogP) is 2.95. The summed E-state index contributed by atoms with van der Waals surface area (Å²) in [6.07, 6.45) is 14.8. The van der Waals surface area contributed by atoms with Gasteiger partial charge in [0.15, 0.2) is 0 Å². The molecule has 0 aliphatic heterocycles. The van der Waals surface area contributed by atoms with E-state index in [4.69, 9.17) is 6.64 Å². The van der Waals surface area contributed by atoms with E-state index in [1.165, 1.54) is 7.76 Å². The van der Waals surface area contributed by atoms with E-state index < -0.39 is 17.4 Å². The quantitative estimate of drug-likeness (QED) is 0.703. The van der Waals surface area contributed by atoms with Crippen molar-refractivity contribution in [2.75, 3.05) is 14.2 Å². The summed E-state index contributed by atoms with van der Waals surface area (Å²) in [5, 5.41) is 0. The zero-order valence-corrected chi connectivity index (χ0v) is 10.8. The zero-order chi connectivity index (χ0) is 10.7. The molecule has 80 valence electrons. The van der Waals surface area contributed by atoms with Gasteiger partial charge in [0.1, 0.15) is 0 Å². The van der Waals surface area contributed by atoms with E-state index >= 15 is 0 Å². The summed E-state index contributed by atoms with van der Waals surface area (Å²) in [6, 6.07) is 0. The van der Waals surface area contributed by atoms with Gasteiger partial charge in [0.25, 0.3) is 0 Å². The SMILES string of the molecule is C[O][Ti]([O]C)([C]1=CC=CC1)[C]1=CC=CC1. The topological polar surface area (TPSA) is 18.5 Å². The van der Waals surface area contributed by atoms with Gasteiger partial charge in [0, 0.05) is 0 Å². The van der Waals surface area contributed by atoms with E-state index in [0.29, 0.717) is 0 Å². The van der Waals surface area contributed by atoms with Crippen molar-refractivity contribution in [3.8, 4) is 0 Å². The summed E-state index contributed by atoms with van der Waals surface area (Å²) in [4.78, 5) is 0. The fourth-order valence-corrected chi connectivity index (χ4v) is 6.93. The van der Waals surface area contributed by atoms with Crippen molar-refractivity contribution >= 4 is 0 Å². The molecule has 0 aromatic carbocycles. The van der Waals surface area contributed by atoms with E-state index in [9.17, 15) is 0 Å². The first-order chi connectivity index (χ1) is 7.33. The summed E-state index contributed by atoms with van der Waals surface area (Å²) >= 11 is -2.85. The number of hydrogen-bond donors (Lipinski definition) is 0. The summed E-state index contributed by atoms with van der Waals surface area (Å²) in [6.45, 7) is 0. The van der Waals surface area contributed by atoms with Crippen molar-refractivity contribution in [3.05, 3.63) is 44.2 Å². The van der Waals surface area contributed by atoms with Gasteiger partial charge in [-0.05, 0) is 0 Å². The summed E-state index contributed by atoms with van der Waals surface area (Å²) in [5.74, 6) is 0. The molecule has 0 aromatic heterocycles. The van der Waals surface area contributed by atoms with Crippen LogP contribution in [0.3, 0.4) is 0 Å². The third kappa shape index (κ3) is 1.83. The van der Waals surface area contributed by atoms with E-state index in [2.05, 4.69) is 36.5 Å². The molecule has 0 N–H and O–H groups in total. The summed E-state index contributed by atoms with van der Waals surface area (Å²) in [5.41, 5.74) is 0. The van der Waals surface area contributed by atoms with Crippen LogP contribution < -0.4 is 0 Å². The molecule has 15 heavy (non-hydrogen) atoms. The molecule has 0 amide bonds. The van der Waals surface area contributed by atoms with Crippen LogP contribution in [0.4, 0.5) is 0 Å². The zero-order valence-electron chi connectivity index (χ0n) is 9.19. The van der Waals surface area contributed by atoms with E-state index in [0.717, 1.165) is 12.8 Å². The van der Waals surface area contributed by atoms with Crippen molar-refractivity contribution in [1.29, 1.82) is 0 Å².